The number of allylic oxidation sites excluding steroid dienone is 1. The number of amides is 1. The second-order valence-electron chi connectivity index (χ2n) is 12.2. The average Bonchev–Trinajstić information content (AvgIpc) is 2.92. The summed E-state index contributed by atoms with van der Waals surface area (Å²) in [5.41, 5.74) is -0.566. The predicted octanol–water partition coefficient (Wildman–Crippen LogP) is 5.22. The van der Waals surface area contributed by atoms with Gasteiger partial charge in [0, 0.05) is 55.3 Å². The van der Waals surface area contributed by atoms with Crippen LogP contribution in [0.15, 0.2) is 35.9 Å². The first kappa shape index (κ1) is 31.4. The van der Waals surface area contributed by atoms with E-state index >= 15 is 4.39 Å². The fraction of sp³-hybridized carbons (Fsp3) is 0.438. The Bertz CT molecular complexity index is 1660. The van der Waals surface area contributed by atoms with Gasteiger partial charge >= 0.3 is 0 Å². The summed E-state index contributed by atoms with van der Waals surface area (Å²) in [7, 11) is 3.98. The van der Waals surface area contributed by atoms with Crippen LogP contribution in [0.3, 0.4) is 0 Å². The normalized spacial score (nSPS) is 19.6. The highest BCUT2D eigenvalue weighted by Gasteiger charge is 2.37. The van der Waals surface area contributed by atoms with Gasteiger partial charge in [-0.15, -0.1) is 0 Å². The van der Waals surface area contributed by atoms with E-state index in [9.17, 15) is 19.6 Å². The zero-order valence-corrected chi connectivity index (χ0v) is 26.4. The largest absolute Gasteiger partial charge is 0.507 e. The molecule has 2 saturated heterocycles. The molecule has 3 aromatic rings. The summed E-state index contributed by atoms with van der Waals surface area (Å²) in [6.07, 6.45) is 1.67. The van der Waals surface area contributed by atoms with Crippen LogP contribution in [0.4, 0.5) is 20.5 Å². The van der Waals surface area contributed by atoms with Crippen molar-refractivity contribution in [3.8, 4) is 22.9 Å². The smallest absolute Gasteiger partial charge is 0.264 e. The molecule has 1 aromatic heterocycles. The number of halogens is 3. The van der Waals surface area contributed by atoms with Crippen molar-refractivity contribution in [1.29, 1.82) is 5.26 Å². The fourth-order valence-corrected chi connectivity index (χ4v) is 6.10. The number of rotatable bonds is 6. The molecular formula is C32H36ClF2N7O2. The number of nitriles is 1. The van der Waals surface area contributed by atoms with Gasteiger partial charge in [-0.05, 0) is 52.1 Å². The Morgan fingerprint density at radius 3 is 2.45 bits per heavy atom. The Morgan fingerprint density at radius 1 is 1.14 bits per heavy atom. The number of nitrogens with zero attached hydrogens (tertiary/aromatic N) is 7. The summed E-state index contributed by atoms with van der Waals surface area (Å²) in [5, 5.41) is 20.3. The second-order valence-corrected chi connectivity index (χ2v) is 12.6. The van der Waals surface area contributed by atoms with Gasteiger partial charge in [0.2, 0.25) is 5.95 Å². The van der Waals surface area contributed by atoms with Gasteiger partial charge in [-0.2, -0.15) is 10.2 Å². The number of benzene rings is 2. The Hall–Kier alpha value is -4.01. The summed E-state index contributed by atoms with van der Waals surface area (Å²) in [6.45, 7) is 9.60. The van der Waals surface area contributed by atoms with Crippen molar-refractivity contribution >= 4 is 40.2 Å². The van der Waals surface area contributed by atoms with Crippen molar-refractivity contribution in [3.63, 3.8) is 0 Å². The molecule has 2 aliphatic heterocycles. The maximum absolute atomic E-state index is 16.5. The molecule has 44 heavy (non-hydrogen) atoms. The predicted molar refractivity (Wildman–Crippen MR) is 168 cm³/mol. The van der Waals surface area contributed by atoms with Gasteiger partial charge in [0.15, 0.2) is 5.82 Å². The van der Waals surface area contributed by atoms with Crippen LogP contribution >= 0.6 is 11.6 Å². The van der Waals surface area contributed by atoms with Crippen LogP contribution in [0, 0.1) is 28.9 Å². The van der Waals surface area contributed by atoms with Crippen molar-refractivity contribution in [2.24, 2.45) is 5.92 Å². The lowest BCUT2D eigenvalue weighted by atomic mass is 10.00. The van der Waals surface area contributed by atoms with Gasteiger partial charge in [0.25, 0.3) is 5.91 Å². The molecule has 2 aliphatic rings. The fourth-order valence-electron chi connectivity index (χ4n) is 5.81. The molecule has 2 aromatic carbocycles. The molecule has 0 saturated carbocycles. The molecule has 3 heterocycles. The lowest BCUT2D eigenvalue weighted by Gasteiger charge is -2.46. The number of phenols is 1. The van der Waals surface area contributed by atoms with Gasteiger partial charge in [-0.25, -0.2) is 13.8 Å². The highest BCUT2D eigenvalue weighted by Crippen LogP contribution is 2.43. The number of fused-ring (bicyclic) bond motifs is 1. The Balaban J connectivity index is 1.62. The minimum Gasteiger partial charge on any atom is -0.507 e. The summed E-state index contributed by atoms with van der Waals surface area (Å²) >= 11 is 6.62. The van der Waals surface area contributed by atoms with Crippen molar-refractivity contribution in [2.45, 2.75) is 45.8 Å². The van der Waals surface area contributed by atoms with E-state index in [1.807, 2.05) is 57.7 Å². The summed E-state index contributed by atoms with van der Waals surface area (Å²) in [5.74, 6) is -1.65. The van der Waals surface area contributed by atoms with Crippen molar-refractivity contribution in [2.75, 3.05) is 50.1 Å². The number of carbonyl (C=O) groups excluding carboxylic acids is 1. The van der Waals surface area contributed by atoms with Crippen LogP contribution in [0.1, 0.15) is 27.7 Å². The quantitative estimate of drug-likeness (QED) is 0.295. The lowest BCUT2D eigenvalue weighted by molar-refractivity contribution is -0.129. The summed E-state index contributed by atoms with van der Waals surface area (Å²) in [6, 6.07) is 7.00. The Labute approximate surface area is 260 Å². The van der Waals surface area contributed by atoms with Crippen molar-refractivity contribution < 1.29 is 18.7 Å². The van der Waals surface area contributed by atoms with Gasteiger partial charge in [-0.3, -0.25) is 4.79 Å². The van der Waals surface area contributed by atoms with E-state index < -0.39 is 17.4 Å². The molecule has 1 N–H and O–H groups in total. The maximum atomic E-state index is 16.5. The molecule has 2 atom stereocenters. The summed E-state index contributed by atoms with van der Waals surface area (Å²) < 4.78 is 31.4. The topological polar surface area (TPSA) is 99.8 Å². The number of anilines is 2. The van der Waals surface area contributed by atoms with E-state index in [0.29, 0.717) is 43.3 Å². The molecule has 0 radical (unpaired) electrons. The van der Waals surface area contributed by atoms with Crippen LogP contribution in [-0.4, -0.2) is 89.2 Å². The minimum absolute atomic E-state index is 0.0397. The molecule has 0 spiro atoms. The monoisotopic (exact) mass is 623 g/mol. The molecule has 1 amide bonds. The zero-order chi connectivity index (χ0) is 32.0. The number of hydrogen-bond acceptors (Lipinski definition) is 8. The molecule has 0 aliphatic carbocycles. The van der Waals surface area contributed by atoms with Crippen LogP contribution in [0.25, 0.3) is 22.0 Å². The first-order chi connectivity index (χ1) is 20.8. The van der Waals surface area contributed by atoms with E-state index in [-0.39, 0.29) is 57.2 Å². The molecule has 12 heteroatoms. The molecule has 0 unspecified atom stereocenters. The first-order valence-corrected chi connectivity index (χ1v) is 15.0. The SMILES string of the molecule is CC(C)/C=C(\C#N)C(=O)N1C[C@H](C)N(c2nc(N3CC(N(C)C)C3)nc3c(F)c(-c4c(O)cccc4F)c(Cl)cc23)C[C@H]1C. The zero-order valence-electron chi connectivity index (χ0n) is 25.6. The standard InChI is InChI=1S/C32H36ClF2N7O2/c1-17(2)10-20(12-36)31(44)42-14-18(3)41(13-19(42)4)30-22-11-23(33)26(27-24(34)8-7-9-25(27)43)28(35)29(22)37-32(38-30)40-15-21(16-40)39(5)6/h7-11,17-19,21,43H,13-16H2,1-6H3/b20-10+/t18-,19+/m0/s1. The van der Waals surface area contributed by atoms with E-state index in [2.05, 4.69) is 9.88 Å². The van der Waals surface area contributed by atoms with Crippen molar-refractivity contribution in [1.82, 2.24) is 19.8 Å². The molecule has 232 valence electrons. The third kappa shape index (κ3) is 5.64. The number of hydrogen-bond donors (Lipinski definition) is 1. The minimum atomic E-state index is -0.866. The van der Waals surface area contributed by atoms with Gasteiger partial charge in [0.1, 0.15) is 34.5 Å². The highest BCUT2D eigenvalue weighted by atomic mass is 35.5. The third-order valence-corrected chi connectivity index (χ3v) is 8.64. The molecule has 9 nitrogen and oxygen atoms in total. The Morgan fingerprint density at radius 2 is 1.84 bits per heavy atom. The highest BCUT2D eigenvalue weighted by molar-refractivity contribution is 6.34. The van der Waals surface area contributed by atoms with Crippen LogP contribution < -0.4 is 9.80 Å². The number of phenolic OH excluding ortho intramolecular Hbond substituents is 1. The van der Waals surface area contributed by atoms with E-state index in [0.717, 1.165) is 6.07 Å². The molecular weight excluding hydrogens is 588 g/mol. The van der Waals surface area contributed by atoms with Crippen LogP contribution in [0.2, 0.25) is 5.02 Å². The number of likely N-dealkylation sites (N-methyl/N-ethyl adjacent to an activating group) is 1. The van der Waals surface area contributed by atoms with Gasteiger partial charge in [-0.1, -0.05) is 37.6 Å². The molecule has 0 bridgehead atoms. The van der Waals surface area contributed by atoms with Crippen LogP contribution in [-0.2, 0) is 4.79 Å². The lowest BCUT2D eigenvalue weighted by Crippen LogP contribution is -2.59. The number of piperazine rings is 1. The van der Waals surface area contributed by atoms with Gasteiger partial charge in [0.05, 0.1) is 10.6 Å². The van der Waals surface area contributed by atoms with E-state index in [4.69, 9.17) is 16.6 Å². The van der Waals surface area contributed by atoms with Gasteiger partial charge < -0.3 is 24.7 Å². The van der Waals surface area contributed by atoms with Crippen molar-refractivity contribution in [3.05, 3.63) is 52.6 Å². The third-order valence-electron chi connectivity index (χ3n) is 8.34. The number of aromatic nitrogens is 2. The van der Waals surface area contributed by atoms with E-state index in [1.165, 1.54) is 18.2 Å². The molecule has 2 fully saturated rings. The number of aromatic hydroxyl groups is 1. The Kier molecular flexibility index (Phi) is 8.69. The second kappa shape index (κ2) is 12.2. The average molecular weight is 624 g/mol. The first-order valence-electron chi connectivity index (χ1n) is 14.6. The van der Waals surface area contributed by atoms with Crippen LogP contribution in [0.5, 0.6) is 5.75 Å². The van der Waals surface area contributed by atoms with E-state index in [1.54, 1.807) is 11.0 Å². The summed E-state index contributed by atoms with van der Waals surface area (Å²) in [4.78, 5) is 30.6. The maximum Gasteiger partial charge on any atom is 0.264 e. The molecule has 5 rings (SSSR count). The number of carbonyl (C=O) groups is 1.